The Morgan fingerprint density at radius 2 is 1.51 bits per heavy atom. The second-order valence-electron chi connectivity index (χ2n) is 6.18. The van der Waals surface area contributed by atoms with Gasteiger partial charge in [-0.3, -0.25) is 34.8 Å². The largest absolute Gasteiger partial charge is 0.494 e. The second kappa shape index (κ2) is 14.4. The summed E-state index contributed by atoms with van der Waals surface area (Å²) in [5, 5.41) is 27.7. The fraction of sp³-hybridized carbons (Fsp3) is 0.167. The minimum Gasteiger partial charge on any atom is -0.494 e. The number of aldehydes is 2. The van der Waals surface area contributed by atoms with Crippen LogP contribution in [0.25, 0.3) is 0 Å². The molecule has 186 valence electrons. The molecule has 3 rings (SSSR count). The van der Waals surface area contributed by atoms with Crippen molar-refractivity contribution in [2.24, 2.45) is 5.92 Å². The van der Waals surface area contributed by atoms with Crippen molar-refractivity contribution in [1.82, 2.24) is 31.2 Å². The number of carbonyl (C=O) groups is 5. The van der Waals surface area contributed by atoms with Crippen LogP contribution >= 0.6 is 36.7 Å². The zero-order valence-corrected chi connectivity index (χ0v) is 19.8. The van der Waals surface area contributed by atoms with Gasteiger partial charge < -0.3 is 35.4 Å². The van der Waals surface area contributed by atoms with Crippen molar-refractivity contribution < 1.29 is 34.2 Å². The Morgan fingerprint density at radius 1 is 0.914 bits per heavy atom. The number of thiocarbonyl (C=S) groups is 2. The fourth-order valence-electron chi connectivity index (χ4n) is 2.18. The summed E-state index contributed by atoms with van der Waals surface area (Å²) >= 11 is 13.9. The van der Waals surface area contributed by atoms with E-state index in [0.29, 0.717) is 12.6 Å². The summed E-state index contributed by atoms with van der Waals surface area (Å²) < 4.78 is 0.125. The van der Waals surface area contributed by atoms with E-state index in [0.717, 1.165) is 6.07 Å². The summed E-state index contributed by atoms with van der Waals surface area (Å²) in [7, 11) is 0. The first-order chi connectivity index (χ1) is 16.5. The van der Waals surface area contributed by atoms with E-state index in [4.69, 9.17) is 17.3 Å². The first-order valence-electron chi connectivity index (χ1n) is 9.23. The highest BCUT2D eigenvalue weighted by Crippen LogP contribution is 2.09. The summed E-state index contributed by atoms with van der Waals surface area (Å²) in [5.41, 5.74) is -0.565. The smallest absolute Gasteiger partial charge is 0.263 e. The molecule has 2 saturated heterocycles. The van der Waals surface area contributed by atoms with Crippen molar-refractivity contribution in [3.05, 3.63) is 45.0 Å². The zero-order chi connectivity index (χ0) is 26.5. The maximum atomic E-state index is 11.6. The third-order valence-electron chi connectivity index (χ3n) is 3.62. The number of rotatable bonds is 4. The van der Waals surface area contributed by atoms with Gasteiger partial charge in [-0.05, 0) is 42.7 Å². The number of H-pyrrole nitrogens is 2. The number of aromatic hydroxyl groups is 1. The number of aromatic amines is 2. The molecule has 0 radical (unpaired) electrons. The van der Waals surface area contributed by atoms with Crippen molar-refractivity contribution >= 4 is 77.2 Å². The lowest BCUT2D eigenvalue weighted by atomic mass is 10.0. The van der Waals surface area contributed by atoms with Gasteiger partial charge in [-0.1, -0.05) is 12.2 Å². The van der Waals surface area contributed by atoms with Gasteiger partial charge in [0.05, 0.1) is 12.5 Å². The number of amides is 3. The van der Waals surface area contributed by atoms with Gasteiger partial charge in [0, 0.05) is 0 Å². The number of aromatic nitrogens is 2. The van der Waals surface area contributed by atoms with Gasteiger partial charge in [0.25, 0.3) is 17.4 Å². The molecule has 1 aromatic heterocycles. The maximum absolute atomic E-state index is 11.6. The molecule has 3 heterocycles. The Labute approximate surface area is 211 Å². The van der Waals surface area contributed by atoms with Crippen LogP contribution in [0, 0.1) is 10.7 Å². The average Bonchev–Trinajstić information content (AvgIpc) is 2.72. The Hall–Kier alpha value is -3.93. The van der Waals surface area contributed by atoms with Gasteiger partial charge in [0.2, 0.25) is 5.91 Å². The van der Waals surface area contributed by atoms with Crippen molar-refractivity contribution in [3.8, 4) is 5.88 Å². The second-order valence-corrected chi connectivity index (χ2v) is 7.40. The Balaban J connectivity index is 0.000000359. The normalized spacial score (nSPS) is 19.0. The molecule has 2 aliphatic heterocycles. The third kappa shape index (κ3) is 10.3. The van der Waals surface area contributed by atoms with Gasteiger partial charge in [-0.25, -0.2) is 0 Å². The average molecular weight is 543 g/mol. The molecule has 8 N–H and O–H groups in total. The van der Waals surface area contributed by atoms with E-state index in [1.165, 1.54) is 18.2 Å². The lowest BCUT2D eigenvalue weighted by Gasteiger charge is -2.27. The first-order valence-corrected chi connectivity index (χ1v) is 10.5. The van der Waals surface area contributed by atoms with Gasteiger partial charge in [0.15, 0.2) is 20.9 Å². The number of hydrogen-bond acceptors (Lipinski definition) is 11. The van der Waals surface area contributed by atoms with Crippen LogP contribution in [0.3, 0.4) is 0 Å². The minimum atomic E-state index is -1.18. The number of aliphatic hydroxyl groups excluding tert-OH is 1. The summed E-state index contributed by atoms with van der Waals surface area (Å²) in [5.74, 6) is -2.88. The van der Waals surface area contributed by atoms with Crippen LogP contribution in [0.5, 0.6) is 5.88 Å². The predicted molar refractivity (Wildman–Crippen MR) is 130 cm³/mol. The summed E-state index contributed by atoms with van der Waals surface area (Å²) in [6.45, 7) is 0. The van der Waals surface area contributed by atoms with Crippen molar-refractivity contribution in [3.63, 3.8) is 0 Å². The van der Waals surface area contributed by atoms with E-state index < -0.39 is 35.4 Å². The summed E-state index contributed by atoms with van der Waals surface area (Å²) in [6.07, 6.45) is 3.86. The number of aliphatic hydroxyl groups is 1. The van der Waals surface area contributed by atoms with E-state index in [1.54, 1.807) is 0 Å². The number of hydrogen-bond donors (Lipinski definition) is 8. The van der Waals surface area contributed by atoms with Gasteiger partial charge in [0.1, 0.15) is 30.3 Å². The standard InChI is InChI=1S/C11H10N4O4S2.C4H4N2O2S.C3H4O2/c16-6-4(7(17)13-10(20)12-6)2-1-3-5-8(18)14-11(21)15-9(5)19;7-2-1-3(8)6-4(9)5-2;4-2-1-3-5/h1-4,6,16H,(H2,12,13,17,20)(H2,14,15,18,19,21);1H,(H3,5,6,7,8,9);2-3H,1H2/b2-1+;;. The van der Waals surface area contributed by atoms with Crippen LogP contribution in [-0.2, 0) is 24.0 Å². The molecule has 0 aromatic carbocycles. The molecule has 35 heavy (non-hydrogen) atoms. The molecular formula is C18H18N6O8S3. The molecule has 3 amide bonds. The molecule has 2 aliphatic rings. The van der Waals surface area contributed by atoms with E-state index in [2.05, 4.69) is 55.7 Å². The Bertz CT molecular complexity index is 1150. The molecule has 2 fully saturated rings. The van der Waals surface area contributed by atoms with E-state index in [1.807, 2.05) is 0 Å². The quantitative estimate of drug-likeness (QED) is 0.0671. The molecule has 0 aliphatic carbocycles. The van der Waals surface area contributed by atoms with Gasteiger partial charge in [-0.2, -0.15) is 0 Å². The molecule has 0 spiro atoms. The van der Waals surface area contributed by atoms with E-state index in [-0.39, 0.29) is 32.9 Å². The highest BCUT2D eigenvalue weighted by molar-refractivity contribution is 7.80. The number of nitrogens with one attached hydrogen (secondary N) is 6. The summed E-state index contributed by atoms with van der Waals surface area (Å²) in [6, 6.07) is 1.01. The molecule has 0 bridgehead atoms. The lowest BCUT2D eigenvalue weighted by Crippen LogP contribution is -2.57. The molecule has 1 aromatic rings. The third-order valence-corrected chi connectivity index (χ3v) is 4.25. The molecule has 2 atom stereocenters. The summed E-state index contributed by atoms with van der Waals surface area (Å²) in [4.78, 5) is 68.1. The monoisotopic (exact) mass is 542 g/mol. The molecule has 17 heteroatoms. The van der Waals surface area contributed by atoms with Crippen LogP contribution in [0.2, 0.25) is 0 Å². The van der Waals surface area contributed by atoms with Gasteiger partial charge >= 0.3 is 0 Å². The lowest BCUT2D eigenvalue weighted by molar-refractivity contribution is -0.127. The van der Waals surface area contributed by atoms with Crippen LogP contribution < -0.4 is 26.8 Å². The SMILES string of the molecule is O=C1NC(=S)NC(=O)C1=C/C=C/C1C(=O)NC(=S)NC1O.O=CCC=O.O=c1cc(O)[nH]c(=S)[nH]1. The molecule has 2 unspecified atom stereocenters. The topological polar surface area (TPSA) is 223 Å². The molecular weight excluding hydrogens is 524 g/mol. The Morgan fingerprint density at radius 3 is 1.97 bits per heavy atom. The predicted octanol–water partition coefficient (Wildman–Crippen LogP) is -2.15. The van der Waals surface area contributed by atoms with Crippen LogP contribution in [-0.4, -0.2) is 66.9 Å². The van der Waals surface area contributed by atoms with Gasteiger partial charge in [-0.15, -0.1) is 0 Å². The highest BCUT2D eigenvalue weighted by Gasteiger charge is 2.30. The van der Waals surface area contributed by atoms with Crippen LogP contribution in [0.1, 0.15) is 6.42 Å². The first kappa shape index (κ1) is 29.1. The van der Waals surface area contributed by atoms with E-state index in [9.17, 15) is 33.9 Å². The maximum Gasteiger partial charge on any atom is 0.263 e. The number of carbonyl (C=O) groups excluding carboxylic acids is 5. The van der Waals surface area contributed by atoms with Crippen molar-refractivity contribution in [2.75, 3.05) is 0 Å². The van der Waals surface area contributed by atoms with Crippen molar-refractivity contribution in [2.45, 2.75) is 12.6 Å². The molecule has 0 saturated carbocycles. The Kier molecular flexibility index (Phi) is 11.9. The fourth-order valence-corrected chi connectivity index (χ4v) is 2.80. The minimum absolute atomic E-state index is 0.0278. The van der Waals surface area contributed by atoms with Crippen LogP contribution in [0.4, 0.5) is 0 Å². The molecule has 14 nitrogen and oxygen atoms in total. The zero-order valence-electron chi connectivity index (χ0n) is 17.4. The van der Waals surface area contributed by atoms with Crippen molar-refractivity contribution in [1.29, 1.82) is 0 Å². The van der Waals surface area contributed by atoms with Crippen LogP contribution in [0.15, 0.2) is 34.7 Å². The number of allylic oxidation sites excluding steroid dienone is 2. The van der Waals surface area contributed by atoms with E-state index >= 15 is 0 Å². The highest BCUT2D eigenvalue weighted by atomic mass is 32.1.